The van der Waals surface area contributed by atoms with E-state index in [4.69, 9.17) is 0 Å². The van der Waals surface area contributed by atoms with Gasteiger partial charge in [-0.05, 0) is 32.0 Å². The van der Waals surface area contributed by atoms with E-state index in [-0.39, 0.29) is 11.9 Å². The average Bonchev–Trinajstić information content (AvgIpc) is 3.17. The first kappa shape index (κ1) is 14.4. The molecule has 7 nitrogen and oxygen atoms in total. The van der Waals surface area contributed by atoms with Gasteiger partial charge in [-0.25, -0.2) is 14.6 Å². The molecule has 0 radical (unpaired) electrons. The Labute approximate surface area is 137 Å². The molecule has 3 aromatic heterocycles. The lowest BCUT2D eigenvalue weighted by Crippen LogP contribution is -2.13. The topological polar surface area (TPSA) is 88.5 Å². The van der Waals surface area contributed by atoms with Gasteiger partial charge in [-0.15, -0.1) is 0 Å². The number of imidazole rings is 1. The van der Waals surface area contributed by atoms with Crippen LogP contribution in [0.5, 0.6) is 0 Å². The molecule has 0 aliphatic rings. The second kappa shape index (κ2) is 5.45. The third kappa shape index (κ3) is 2.40. The zero-order valence-electron chi connectivity index (χ0n) is 13.3. The minimum Gasteiger partial charge on any atom is -0.324 e. The van der Waals surface area contributed by atoms with Gasteiger partial charge in [-0.2, -0.15) is 5.10 Å². The maximum Gasteiger partial charge on any atom is 0.259 e. The van der Waals surface area contributed by atoms with Crippen LogP contribution in [0.3, 0.4) is 0 Å². The molecule has 1 amide bonds. The van der Waals surface area contributed by atoms with E-state index in [1.54, 1.807) is 18.5 Å². The number of para-hydroxylation sites is 2. The molecule has 0 bridgehead atoms. The van der Waals surface area contributed by atoms with E-state index >= 15 is 0 Å². The summed E-state index contributed by atoms with van der Waals surface area (Å²) in [6.45, 7) is 4.08. The van der Waals surface area contributed by atoms with Crippen molar-refractivity contribution in [3.05, 3.63) is 48.3 Å². The number of nitrogens with zero attached hydrogens (tertiary/aromatic N) is 4. The first-order valence-electron chi connectivity index (χ1n) is 7.71. The summed E-state index contributed by atoms with van der Waals surface area (Å²) >= 11 is 0. The van der Waals surface area contributed by atoms with Gasteiger partial charge in [0.05, 0.1) is 22.8 Å². The minimum absolute atomic E-state index is 0.213. The number of anilines is 1. The molecular weight excluding hydrogens is 304 g/mol. The summed E-state index contributed by atoms with van der Waals surface area (Å²) in [7, 11) is 0. The van der Waals surface area contributed by atoms with Crippen LogP contribution in [0.4, 0.5) is 5.95 Å². The Bertz CT molecular complexity index is 1010. The molecule has 24 heavy (non-hydrogen) atoms. The number of nitrogens with one attached hydrogen (secondary N) is 2. The van der Waals surface area contributed by atoms with Crippen molar-refractivity contribution >= 4 is 33.9 Å². The summed E-state index contributed by atoms with van der Waals surface area (Å²) in [4.78, 5) is 24.2. The van der Waals surface area contributed by atoms with E-state index in [0.29, 0.717) is 11.5 Å². The third-order valence-corrected chi connectivity index (χ3v) is 3.81. The molecule has 0 spiro atoms. The van der Waals surface area contributed by atoms with Crippen LogP contribution in [-0.2, 0) is 0 Å². The van der Waals surface area contributed by atoms with Crippen LogP contribution >= 0.6 is 0 Å². The van der Waals surface area contributed by atoms with Crippen molar-refractivity contribution in [2.75, 3.05) is 5.32 Å². The van der Waals surface area contributed by atoms with Crippen LogP contribution in [0, 0.1) is 0 Å². The molecule has 2 N–H and O–H groups in total. The fraction of sp³-hybridized carbons (Fsp3) is 0.176. The maximum atomic E-state index is 12.4. The van der Waals surface area contributed by atoms with Crippen molar-refractivity contribution in [1.82, 2.24) is 24.7 Å². The number of hydrogen-bond donors (Lipinski definition) is 2. The summed E-state index contributed by atoms with van der Waals surface area (Å²) < 4.78 is 1.83. The Hall–Kier alpha value is -3.22. The highest BCUT2D eigenvalue weighted by Crippen LogP contribution is 2.18. The molecule has 0 saturated carbocycles. The summed E-state index contributed by atoms with van der Waals surface area (Å²) in [6, 6.07) is 9.60. The van der Waals surface area contributed by atoms with Crippen molar-refractivity contribution < 1.29 is 4.79 Å². The van der Waals surface area contributed by atoms with E-state index in [0.717, 1.165) is 22.1 Å². The fourth-order valence-electron chi connectivity index (χ4n) is 2.63. The van der Waals surface area contributed by atoms with Gasteiger partial charge in [0.15, 0.2) is 5.65 Å². The van der Waals surface area contributed by atoms with Gasteiger partial charge in [0.1, 0.15) is 0 Å². The molecule has 1 aromatic carbocycles. The van der Waals surface area contributed by atoms with Gasteiger partial charge in [0.2, 0.25) is 5.95 Å². The van der Waals surface area contributed by atoms with Gasteiger partial charge >= 0.3 is 0 Å². The van der Waals surface area contributed by atoms with Gasteiger partial charge < -0.3 is 4.98 Å². The summed E-state index contributed by atoms with van der Waals surface area (Å²) in [6.07, 6.45) is 3.28. The van der Waals surface area contributed by atoms with Crippen LogP contribution in [0.2, 0.25) is 0 Å². The van der Waals surface area contributed by atoms with E-state index in [1.807, 2.05) is 42.8 Å². The lowest BCUT2D eigenvalue weighted by Gasteiger charge is -2.06. The summed E-state index contributed by atoms with van der Waals surface area (Å²) in [5.41, 5.74) is 2.91. The first-order valence-corrected chi connectivity index (χ1v) is 7.71. The van der Waals surface area contributed by atoms with Crippen LogP contribution in [-0.4, -0.2) is 30.6 Å². The van der Waals surface area contributed by atoms with Gasteiger partial charge in [-0.1, -0.05) is 12.1 Å². The van der Waals surface area contributed by atoms with Crippen LogP contribution in [0.25, 0.3) is 22.1 Å². The van der Waals surface area contributed by atoms with Gasteiger partial charge in [0.25, 0.3) is 5.91 Å². The van der Waals surface area contributed by atoms with Crippen molar-refractivity contribution in [3.63, 3.8) is 0 Å². The molecule has 4 aromatic rings. The molecule has 0 atom stereocenters. The highest BCUT2D eigenvalue weighted by molar-refractivity contribution is 6.05. The Morgan fingerprint density at radius 1 is 1.25 bits per heavy atom. The minimum atomic E-state index is -0.263. The Kier molecular flexibility index (Phi) is 3.26. The molecule has 7 heteroatoms. The Morgan fingerprint density at radius 2 is 2.08 bits per heavy atom. The quantitative estimate of drug-likeness (QED) is 0.607. The number of H-pyrrole nitrogens is 1. The highest BCUT2D eigenvalue weighted by Gasteiger charge is 2.13. The molecule has 4 rings (SSSR count). The van der Waals surface area contributed by atoms with Crippen molar-refractivity contribution in [2.45, 2.75) is 19.9 Å². The van der Waals surface area contributed by atoms with Crippen molar-refractivity contribution in [1.29, 1.82) is 0 Å². The number of amides is 1. The van der Waals surface area contributed by atoms with Crippen LogP contribution < -0.4 is 5.32 Å². The lowest BCUT2D eigenvalue weighted by atomic mass is 10.2. The Balaban J connectivity index is 1.63. The van der Waals surface area contributed by atoms with Gasteiger partial charge in [-0.3, -0.25) is 10.1 Å². The molecule has 0 unspecified atom stereocenters. The standard InChI is InChI=1S/C17H16N6O/c1-10(2)23-15-11(9-19-23)7-12(8-18-15)16(24)22-17-20-13-5-3-4-6-14(13)21-17/h3-10H,1-2H3,(H2,20,21,22,24). The molecular formula is C17H16N6O. The molecule has 0 aliphatic carbocycles. The fourth-order valence-corrected chi connectivity index (χ4v) is 2.63. The summed E-state index contributed by atoms with van der Waals surface area (Å²) in [5.74, 6) is 0.153. The number of benzene rings is 1. The molecule has 120 valence electrons. The third-order valence-electron chi connectivity index (χ3n) is 3.81. The smallest absolute Gasteiger partial charge is 0.259 e. The van der Waals surface area contributed by atoms with E-state index < -0.39 is 0 Å². The largest absolute Gasteiger partial charge is 0.324 e. The zero-order chi connectivity index (χ0) is 16.7. The molecule has 0 fully saturated rings. The second-order valence-corrected chi connectivity index (χ2v) is 5.88. The predicted octanol–water partition coefficient (Wildman–Crippen LogP) is 3.14. The van der Waals surface area contributed by atoms with Crippen LogP contribution in [0.15, 0.2) is 42.7 Å². The van der Waals surface area contributed by atoms with Crippen LogP contribution in [0.1, 0.15) is 30.2 Å². The monoisotopic (exact) mass is 320 g/mol. The number of aromatic amines is 1. The molecule has 3 heterocycles. The number of carbonyl (C=O) groups is 1. The van der Waals surface area contributed by atoms with Gasteiger partial charge in [0, 0.05) is 17.6 Å². The SMILES string of the molecule is CC(C)n1ncc2cc(C(=O)Nc3nc4ccccc4[nH]3)cnc21. The highest BCUT2D eigenvalue weighted by atomic mass is 16.1. The summed E-state index contributed by atoms with van der Waals surface area (Å²) in [5, 5.41) is 7.92. The van der Waals surface area contributed by atoms with E-state index in [2.05, 4.69) is 25.4 Å². The number of hydrogen-bond acceptors (Lipinski definition) is 4. The maximum absolute atomic E-state index is 12.4. The number of carbonyl (C=O) groups excluding carboxylic acids is 1. The second-order valence-electron chi connectivity index (χ2n) is 5.88. The van der Waals surface area contributed by atoms with E-state index in [1.165, 1.54) is 0 Å². The lowest BCUT2D eigenvalue weighted by molar-refractivity contribution is 0.102. The number of aromatic nitrogens is 5. The number of fused-ring (bicyclic) bond motifs is 2. The normalized spacial score (nSPS) is 11.5. The predicted molar refractivity (Wildman–Crippen MR) is 92.0 cm³/mol. The van der Waals surface area contributed by atoms with Crippen molar-refractivity contribution in [3.8, 4) is 0 Å². The van der Waals surface area contributed by atoms with Crippen molar-refractivity contribution in [2.24, 2.45) is 0 Å². The first-order chi connectivity index (χ1) is 11.6. The molecule has 0 aliphatic heterocycles. The average molecular weight is 320 g/mol. The number of rotatable bonds is 3. The van der Waals surface area contributed by atoms with E-state index in [9.17, 15) is 4.79 Å². The molecule has 0 saturated heterocycles. The number of pyridine rings is 1. The Morgan fingerprint density at radius 3 is 2.88 bits per heavy atom. The zero-order valence-corrected chi connectivity index (χ0v) is 13.3.